The van der Waals surface area contributed by atoms with Gasteiger partial charge in [0.15, 0.2) is 0 Å². The maximum atomic E-state index is 9.64. The number of hydrogen-bond acceptors (Lipinski definition) is 3. The second-order valence-corrected chi connectivity index (χ2v) is 4.54. The first-order valence-corrected chi connectivity index (χ1v) is 5.29. The summed E-state index contributed by atoms with van der Waals surface area (Å²) in [6.07, 6.45) is 4.98. The average Bonchev–Trinajstić information content (AvgIpc) is 2.33. The molecule has 0 spiro atoms. The average molecular weight is 185 g/mol. The Morgan fingerprint density at radius 1 is 1.23 bits per heavy atom. The van der Waals surface area contributed by atoms with E-state index in [2.05, 4.69) is 13.8 Å². The van der Waals surface area contributed by atoms with Crippen molar-refractivity contribution in [1.82, 2.24) is 5.06 Å². The van der Waals surface area contributed by atoms with E-state index in [1.165, 1.54) is 0 Å². The zero-order valence-electron chi connectivity index (χ0n) is 8.44. The summed E-state index contributed by atoms with van der Waals surface area (Å²) in [7, 11) is 0. The molecule has 2 heterocycles. The van der Waals surface area contributed by atoms with Crippen molar-refractivity contribution < 1.29 is 9.94 Å². The van der Waals surface area contributed by atoms with Gasteiger partial charge in [0.1, 0.15) is 0 Å². The number of ether oxygens (including phenoxy) is 1. The van der Waals surface area contributed by atoms with Crippen molar-refractivity contribution in [3.05, 3.63) is 0 Å². The third-order valence-electron chi connectivity index (χ3n) is 3.12. The second-order valence-electron chi connectivity index (χ2n) is 4.54. The van der Waals surface area contributed by atoms with Crippen LogP contribution >= 0.6 is 0 Å². The molecule has 0 amide bonds. The van der Waals surface area contributed by atoms with Crippen molar-refractivity contribution in [2.75, 3.05) is 0 Å². The number of rotatable bonds is 2. The predicted molar refractivity (Wildman–Crippen MR) is 49.7 cm³/mol. The summed E-state index contributed by atoms with van der Waals surface area (Å²) in [5.41, 5.74) is 0. The first-order chi connectivity index (χ1) is 6.16. The van der Waals surface area contributed by atoms with Crippen LogP contribution in [-0.2, 0) is 4.74 Å². The van der Waals surface area contributed by atoms with Gasteiger partial charge in [-0.25, -0.2) is 0 Å². The predicted octanol–water partition coefficient (Wildman–Crippen LogP) is 1.80. The molecule has 0 aromatic heterocycles. The minimum absolute atomic E-state index is 0.314. The van der Waals surface area contributed by atoms with Crippen LogP contribution in [0.4, 0.5) is 0 Å². The molecule has 0 aromatic carbocycles. The van der Waals surface area contributed by atoms with Gasteiger partial charge < -0.3 is 9.94 Å². The molecule has 3 heteroatoms. The Labute approximate surface area is 79.6 Å². The van der Waals surface area contributed by atoms with Crippen LogP contribution in [-0.4, -0.2) is 34.6 Å². The van der Waals surface area contributed by atoms with Crippen molar-refractivity contribution in [2.45, 2.75) is 63.8 Å². The third kappa shape index (κ3) is 1.87. The fraction of sp³-hybridized carbons (Fsp3) is 1.00. The molecular weight excluding hydrogens is 166 g/mol. The highest BCUT2D eigenvalue weighted by Gasteiger charge is 2.40. The highest BCUT2D eigenvalue weighted by Crippen LogP contribution is 2.35. The quantitative estimate of drug-likeness (QED) is 0.712. The second kappa shape index (κ2) is 3.56. The van der Waals surface area contributed by atoms with Crippen LogP contribution in [0.3, 0.4) is 0 Å². The van der Waals surface area contributed by atoms with E-state index in [1.54, 1.807) is 5.06 Å². The lowest BCUT2D eigenvalue weighted by Gasteiger charge is -2.35. The van der Waals surface area contributed by atoms with Crippen LogP contribution in [0.2, 0.25) is 0 Å². The summed E-state index contributed by atoms with van der Waals surface area (Å²) in [6.45, 7) is 4.15. The number of hydrogen-bond donors (Lipinski definition) is 1. The van der Waals surface area contributed by atoms with Gasteiger partial charge in [-0.05, 0) is 39.5 Å². The third-order valence-corrected chi connectivity index (χ3v) is 3.12. The van der Waals surface area contributed by atoms with E-state index < -0.39 is 0 Å². The Balaban J connectivity index is 1.91. The molecule has 0 saturated carbocycles. The molecule has 0 radical (unpaired) electrons. The topological polar surface area (TPSA) is 32.7 Å². The zero-order chi connectivity index (χ0) is 9.42. The zero-order valence-corrected chi connectivity index (χ0v) is 8.44. The van der Waals surface area contributed by atoms with Gasteiger partial charge >= 0.3 is 0 Å². The molecule has 0 aliphatic carbocycles. The van der Waals surface area contributed by atoms with Crippen molar-refractivity contribution in [2.24, 2.45) is 0 Å². The van der Waals surface area contributed by atoms with Crippen LogP contribution < -0.4 is 0 Å². The first-order valence-electron chi connectivity index (χ1n) is 5.29. The van der Waals surface area contributed by atoms with E-state index >= 15 is 0 Å². The highest BCUT2D eigenvalue weighted by atomic mass is 16.5. The Kier molecular flexibility index (Phi) is 2.58. The van der Waals surface area contributed by atoms with Gasteiger partial charge in [0.05, 0.1) is 12.2 Å². The summed E-state index contributed by atoms with van der Waals surface area (Å²) in [5.74, 6) is 0. The van der Waals surface area contributed by atoms with E-state index in [1.807, 2.05) is 0 Å². The van der Waals surface area contributed by atoms with Crippen LogP contribution in [0.25, 0.3) is 0 Å². The molecule has 2 aliphatic heterocycles. The summed E-state index contributed by atoms with van der Waals surface area (Å²) in [5, 5.41) is 11.2. The Morgan fingerprint density at radius 3 is 2.23 bits per heavy atom. The monoisotopic (exact) mass is 185 g/mol. The molecule has 0 aromatic rings. The molecule has 2 aliphatic rings. The lowest BCUT2D eigenvalue weighted by Crippen LogP contribution is -2.43. The van der Waals surface area contributed by atoms with E-state index in [4.69, 9.17) is 4.74 Å². The van der Waals surface area contributed by atoms with Crippen molar-refractivity contribution in [3.8, 4) is 0 Å². The van der Waals surface area contributed by atoms with E-state index in [-0.39, 0.29) is 0 Å². The van der Waals surface area contributed by atoms with E-state index in [0.29, 0.717) is 24.3 Å². The van der Waals surface area contributed by atoms with Gasteiger partial charge in [-0.3, -0.25) is 0 Å². The van der Waals surface area contributed by atoms with Crippen LogP contribution in [0.5, 0.6) is 0 Å². The van der Waals surface area contributed by atoms with Crippen molar-refractivity contribution in [1.29, 1.82) is 0 Å². The number of hydroxylamine groups is 2. The van der Waals surface area contributed by atoms with Crippen molar-refractivity contribution in [3.63, 3.8) is 0 Å². The maximum Gasteiger partial charge on any atom is 0.0610 e. The fourth-order valence-electron chi connectivity index (χ4n) is 2.60. The van der Waals surface area contributed by atoms with Crippen molar-refractivity contribution >= 4 is 0 Å². The van der Waals surface area contributed by atoms with Gasteiger partial charge in [0.2, 0.25) is 0 Å². The summed E-state index contributed by atoms with van der Waals surface area (Å²) < 4.78 is 5.78. The van der Waals surface area contributed by atoms with Crippen LogP contribution in [0.15, 0.2) is 0 Å². The highest BCUT2D eigenvalue weighted by molar-refractivity contribution is 4.91. The van der Waals surface area contributed by atoms with Gasteiger partial charge in [0.25, 0.3) is 0 Å². The molecule has 3 nitrogen and oxygen atoms in total. The number of fused-ring (bicyclic) bond motifs is 2. The van der Waals surface area contributed by atoms with Gasteiger partial charge in [-0.1, -0.05) is 0 Å². The Morgan fingerprint density at radius 2 is 1.77 bits per heavy atom. The minimum atomic E-state index is 0.314. The maximum absolute atomic E-state index is 9.64. The van der Waals surface area contributed by atoms with E-state index in [9.17, 15) is 5.21 Å². The van der Waals surface area contributed by atoms with Gasteiger partial charge in [-0.2, -0.15) is 5.06 Å². The molecular formula is C10H19NO2. The number of nitrogens with zero attached hydrogens (tertiary/aromatic N) is 1. The molecule has 2 bridgehead atoms. The Hall–Kier alpha value is -0.120. The number of piperidine rings is 1. The molecule has 1 unspecified atom stereocenters. The lowest BCUT2D eigenvalue weighted by atomic mass is 10.0. The molecule has 76 valence electrons. The fourth-order valence-corrected chi connectivity index (χ4v) is 2.60. The van der Waals surface area contributed by atoms with Gasteiger partial charge in [0, 0.05) is 12.1 Å². The van der Waals surface area contributed by atoms with Crippen LogP contribution in [0, 0.1) is 0 Å². The molecule has 2 saturated heterocycles. The first kappa shape index (κ1) is 9.44. The van der Waals surface area contributed by atoms with E-state index in [0.717, 1.165) is 25.7 Å². The van der Waals surface area contributed by atoms with Gasteiger partial charge in [-0.15, -0.1) is 0 Å². The molecule has 1 N–H and O–H groups in total. The standard InChI is InChI=1S/C10H19NO2/c1-7(2)13-10-5-8-3-4-9(6-10)11(8)12/h7-10,12H,3-6H2,1-2H3/t8-,9+,10?. The normalized spacial score (nSPS) is 40.2. The largest absolute Gasteiger partial charge is 0.375 e. The molecule has 3 atom stereocenters. The SMILES string of the molecule is CC(C)OC1C[C@H]2CC[C@@H](C1)N2O. The van der Waals surface area contributed by atoms with Crippen LogP contribution in [0.1, 0.15) is 39.5 Å². The summed E-state index contributed by atoms with van der Waals surface area (Å²) in [4.78, 5) is 0. The smallest absolute Gasteiger partial charge is 0.0610 e. The minimum Gasteiger partial charge on any atom is -0.375 e. The molecule has 2 rings (SSSR count). The summed E-state index contributed by atoms with van der Waals surface area (Å²) >= 11 is 0. The Bertz CT molecular complexity index is 170. The molecule has 2 fully saturated rings. The molecule has 13 heavy (non-hydrogen) atoms. The summed E-state index contributed by atoms with van der Waals surface area (Å²) in [6, 6.07) is 0.727. The lowest BCUT2D eigenvalue weighted by molar-refractivity contribution is -0.178.